The summed E-state index contributed by atoms with van der Waals surface area (Å²) >= 11 is 6.12. The molecule has 0 spiro atoms. The number of hydrogen-bond donors (Lipinski definition) is 1. The van der Waals surface area contributed by atoms with Gasteiger partial charge in [-0.1, -0.05) is 11.6 Å². The molecule has 1 N–H and O–H groups in total. The van der Waals surface area contributed by atoms with Crippen LogP contribution in [0.15, 0.2) is 0 Å². The van der Waals surface area contributed by atoms with E-state index in [-0.39, 0.29) is 0 Å². The lowest BCUT2D eigenvalue weighted by Gasteiger charge is -2.10. The maximum Gasteiger partial charge on any atom is 0.0904 e. The number of ether oxygens (including phenoxy) is 1. The van der Waals surface area contributed by atoms with Gasteiger partial charge in [0, 0.05) is 13.6 Å². The van der Waals surface area contributed by atoms with Crippen molar-refractivity contribution in [3.63, 3.8) is 0 Å². The highest BCUT2D eigenvalue weighted by molar-refractivity contribution is 6.31. The molecule has 1 aromatic rings. The summed E-state index contributed by atoms with van der Waals surface area (Å²) < 4.78 is 7.55. The number of hydrogen-bond acceptors (Lipinski definition) is 3. The van der Waals surface area contributed by atoms with Gasteiger partial charge in [0.25, 0.3) is 0 Å². The van der Waals surface area contributed by atoms with Crippen LogP contribution in [0.1, 0.15) is 17.8 Å². The molecule has 0 radical (unpaired) electrons. The Morgan fingerprint density at radius 3 is 3.00 bits per heavy atom. The molecular weight excluding hydrogens is 214 g/mol. The first-order valence-corrected chi connectivity index (χ1v) is 5.56. The van der Waals surface area contributed by atoms with Crippen molar-refractivity contribution in [2.24, 2.45) is 7.05 Å². The molecule has 2 rings (SSSR count). The van der Waals surface area contributed by atoms with Gasteiger partial charge in [0.15, 0.2) is 0 Å². The van der Waals surface area contributed by atoms with Crippen molar-refractivity contribution in [3.05, 3.63) is 16.4 Å². The van der Waals surface area contributed by atoms with Gasteiger partial charge in [0.1, 0.15) is 0 Å². The van der Waals surface area contributed by atoms with Crippen molar-refractivity contribution < 1.29 is 4.74 Å². The molecule has 0 bridgehead atoms. The third-order valence-electron chi connectivity index (χ3n) is 2.73. The second-order valence-corrected chi connectivity index (χ2v) is 4.27. The molecule has 1 saturated heterocycles. The highest BCUT2D eigenvalue weighted by Gasteiger charge is 2.17. The van der Waals surface area contributed by atoms with Crippen LogP contribution in [0.4, 0.5) is 0 Å². The number of rotatable bonds is 3. The molecule has 0 saturated carbocycles. The fourth-order valence-electron chi connectivity index (χ4n) is 1.80. The molecule has 15 heavy (non-hydrogen) atoms. The summed E-state index contributed by atoms with van der Waals surface area (Å²) in [6.07, 6.45) is 1.39. The number of halogens is 1. The topological polar surface area (TPSA) is 39.1 Å². The number of nitrogens with zero attached hydrogens (tertiary/aromatic N) is 2. The Morgan fingerprint density at radius 1 is 1.67 bits per heavy atom. The van der Waals surface area contributed by atoms with E-state index in [1.807, 2.05) is 14.0 Å². The predicted molar refractivity (Wildman–Crippen MR) is 59.0 cm³/mol. The summed E-state index contributed by atoms with van der Waals surface area (Å²) in [6, 6.07) is 0. The smallest absolute Gasteiger partial charge is 0.0904 e. The van der Waals surface area contributed by atoms with Crippen LogP contribution >= 0.6 is 11.6 Å². The fourth-order valence-corrected chi connectivity index (χ4v) is 2.02. The first-order valence-electron chi connectivity index (χ1n) is 5.18. The Bertz CT molecular complexity index is 345. The van der Waals surface area contributed by atoms with E-state index < -0.39 is 0 Å². The van der Waals surface area contributed by atoms with Crippen LogP contribution in [0.3, 0.4) is 0 Å². The molecule has 2 heterocycles. The van der Waals surface area contributed by atoms with E-state index in [0.29, 0.717) is 12.7 Å². The highest BCUT2D eigenvalue weighted by atomic mass is 35.5. The van der Waals surface area contributed by atoms with Gasteiger partial charge in [-0.2, -0.15) is 5.10 Å². The van der Waals surface area contributed by atoms with Gasteiger partial charge >= 0.3 is 0 Å². The van der Waals surface area contributed by atoms with Crippen LogP contribution in [0.2, 0.25) is 5.02 Å². The van der Waals surface area contributed by atoms with E-state index in [9.17, 15) is 0 Å². The van der Waals surface area contributed by atoms with Crippen LogP contribution < -0.4 is 5.32 Å². The zero-order valence-corrected chi connectivity index (χ0v) is 9.84. The minimum absolute atomic E-state index is 0.316. The zero-order chi connectivity index (χ0) is 10.8. The van der Waals surface area contributed by atoms with E-state index in [1.54, 1.807) is 4.68 Å². The summed E-state index contributed by atoms with van der Waals surface area (Å²) in [4.78, 5) is 0. The van der Waals surface area contributed by atoms with E-state index in [1.165, 1.54) is 0 Å². The van der Waals surface area contributed by atoms with E-state index in [4.69, 9.17) is 16.3 Å². The molecule has 1 fully saturated rings. The number of aromatic nitrogens is 2. The van der Waals surface area contributed by atoms with Crippen LogP contribution in [-0.4, -0.2) is 29.0 Å². The average molecular weight is 230 g/mol. The quantitative estimate of drug-likeness (QED) is 0.848. The summed E-state index contributed by atoms with van der Waals surface area (Å²) in [5, 5.41) is 8.23. The molecule has 1 unspecified atom stereocenters. The van der Waals surface area contributed by atoms with Gasteiger partial charge < -0.3 is 10.1 Å². The SMILES string of the molecule is Cc1nn(C)c(COC2CCNC2)c1Cl. The minimum Gasteiger partial charge on any atom is -0.371 e. The molecule has 1 aliphatic rings. The van der Waals surface area contributed by atoms with Gasteiger partial charge in [0.2, 0.25) is 0 Å². The summed E-state index contributed by atoms with van der Waals surface area (Å²) in [5.74, 6) is 0. The van der Waals surface area contributed by atoms with Gasteiger partial charge in [-0.3, -0.25) is 4.68 Å². The van der Waals surface area contributed by atoms with Crippen molar-refractivity contribution in [1.82, 2.24) is 15.1 Å². The Hall–Kier alpha value is -0.580. The second-order valence-electron chi connectivity index (χ2n) is 3.90. The van der Waals surface area contributed by atoms with Crippen LogP contribution in [0.25, 0.3) is 0 Å². The van der Waals surface area contributed by atoms with E-state index >= 15 is 0 Å². The molecule has 0 aromatic carbocycles. The Morgan fingerprint density at radius 2 is 2.47 bits per heavy atom. The lowest BCUT2D eigenvalue weighted by atomic mass is 10.3. The monoisotopic (exact) mass is 229 g/mol. The van der Waals surface area contributed by atoms with Crippen molar-refractivity contribution in [2.75, 3.05) is 13.1 Å². The summed E-state index contributed by atoms with van der Waals surface area (Å²) in [6.45, 7) is 4.43. The second kappa shape index (κ2) is 4.51. The van der Waals surface area contributed by atoms with Gasteiger partial charge in [0.05, 0.1) is 29.1 Å². The van der Waals surface area contributed by atoms with Crippen LogP contribution in [0.5, 0.6) is 0 Å². The molecule has 84 valence electrons. The first-order chi connectivity index (χ1) is 7.18. The maximum absolute atomic E-state index is 6.12. The largest absolute Gasteiger partial charge is 0.371 e. The Kier molecular flexibility index (Phi) is 3.29. The normalized spacial score (nSPS) is 21.1. The van der Waals surface area contributed by atoms with Crippen molar-refractivity contribution in [1.29, 1.82) is 0 Å². The fraction of sp³-hybridized carbons (Fsp3) is 0.700. The van der Waals surface area contributed by atoms with Crippen molar-refractivity contribution >= 4 is 11.6 Å². The molecule has 4 nitrogen and oxygen atoms in total. The standard InChI is InChI=1S/C10H16ClN3O/c1-7-10(11)9(14(2)13-7)6-15-8-3-4-12-5-8/h8,12H,3-6H2,1-2H3. The molecular formula is C10H16ClN3O. The number of nitrogens with one attached hydrogen (secondary N) is 1. The van der Waals surface area contributed by atoms with Crippen molar-refractivity contribution in [2.45, 2.75) is 26.1 Å². The lowest BCUT2D eigenvalue weighted by Crippen LogP contribution is -2.17. The van der Waals surface area contributed by atoms with Gasteiger partial charge in [-0.15, -0.1) is 0 Å². The van der Waals surface area contributed by atoms with E-state index in [0.717, 1.165) is 35.9 Å². The molecule has 0 aliphatic carbocycles. The molecule has 1 aromatic heterocycles. The average Bonchev–Trinajstić information content (AvgIpc) is 2.76. The van der Waals surface area contributed by atoms with Crippen LogP contribution in [0, 0.1) is 6.92 Å². The summed E-state index contributed by atoms with van der Waals surface area (Å²) in [5.41, 5.74) is 1.82. The third-order valence-corrected chi connectivity index (χ3v) is 3.22. The maximum atomic E-state index is 6.12. The number of aryl methyl sites for hydroxylation is 2. The molecule has 0 amide bonds. The first kappa shape index (κ1) is 10.9. The van der Waals surface area contributed by atoms with Crippen molar-refractivity contribution in [3.8, 4) is 0 Å². The Balaban J connectivity index is 1.97. The molecule has 5 heteroatoms. The summed E-state index contributed by atoms with van der Waals surface area (Å²) in [7, 11) is 1.89. The van der Waals surface area contributed by atoms with Crippen LogP contribution in [-0.2, 0) is 18.4 Å². The highest BCUT2D eigenvalue weighted by Crippen LogP contribution is 2.21. The Labute approximate surface area is 94.6 Å². The van der Waals surface area contributed by atoms with Gasteiger partial charge in [-0.05, 0) is 19.9 Å². The molecule has 1 atom stereocenters. The lowest BCUT2D eigenvalue weighted by molar-refractivity contribution is 0.0505. The minimum atomic E-state index is 0.316. The van der Waals surface area contributed by atoms with Gasteiger partial charge in [-0.25, -0.2) is 0 Å². The predicted octanol–water partition coefficient (Wildman–Crippen LogP) is 1.26. The molecule has 1 aliphatic heterocycles. The van der Waals surface area contributed by atoms with E-state index in [2.05, 4.69) is 10.4 Å². The third kappa shape index (κ3) is 2.33. The zero-order valence-electron chi connectivity index (χ0n) is 9.09.